The minimum atomic E-state index is -0.918. The van der Waals surface area contributed by atoms with E-state index >= 15 is 0 Å². The first-order chi connectivity index (χ1) is 27.4. The van der Waals surface area contributed by atoms with Gasteiger partial charge in [-0.05, 0) is 141 Å². The molecule has 2 aromatic rings. The summed E-state index contributed by atoms with van der Waals surface area (Å²) in [6, 6.07) is 18.3. The van der Waals surface area contributed by atoms with E-state index in [1.54, 1.807) is 0 Å². The van der Waals surface area contributed by atoms with Gasteiger partial charge in [-0.15, -0.1) is 0 Å². The number of nitrogens with zero attached hydrogens (tertiary/aromatic N) is 2. The molecule has 0 radical (unpaired) electrons. The maximum atomic E-state index is 14.7. The number of carbonyl (C=O) groups excluding carboxylic acids is 6. The number of para-hydroxylation sites is 2. The quantitative estimate of drug-likeness (QED) is 0.127. The van der Waals surface area contributed by atoms with Crippen LogP contribution >= 0.6 is 0 Å². The van der Waals surface area contributed by atoms with E-state index in [1.165, 1.54) is 0 Å². The minimum absolute atomic E-state index is 0.201. The van der Waals surface area contributed by atoms with Crippen LogP contribution in [-0.2, 0) is 28.8 Å². The van der Waals surface area contributed by atoms with Crippen LogP contribution in [0.1, 0.15) is 51.4 Å². The van der Waals surface area contributed by atoms with Crippen LogP contribution in [-0.4, -0.2) is 99.6 Å². The summed E-state index contributed by atoms with van der Waals surface area (Å²) in [5, 5.41) is 14.9. The number of amides is 6. The van der Waals surface area contributed by atoms with Crippen molar-refractivity contribution in [3.63, 3.8) is 0 Å². The summed E-state index contributed by atoms with van der Waals surface area (Å²) < 4.78 is 0. The molecular formula is C44H61N7O6. The van der Waals surface area contributed by atoms with Crippen LogP contribution in [0.2, 0.25) is 0 Å². The van der Waals surface area contributed by atoms with E-state index in [2.05, 4.69) is 26.6 Å². The van der Waals surface area contributed by atoms with Crippen LogP contribution in [0.4, 0.5) is 11.4 Å². The Morgan fingerprint density at radius 1 is 0.509 bits per heavy atom. The van der Waals surface area contributed by atoms with Crippen molar-refractivity contribution in [1.82, 2.24) is 25.8 Å². The number of hydrogen-bond acceptors (Lipinski definition) is 8. The number of carbonyl (C=O) groups is 6. The van der Waals surface area contributed by atoms with Gasteiger partial charge >= 0.3 is 0 Å². The third-order valence-electron chi connectivity index (χ3n) is 13.0. The lowest BCUT2D eigenvalue weighted by molar-refractivity contribution is -0.159. The van der Waals surface area contributed by atoms with E-state index in [0.29, 0.717) is 63.0 Å². The Labute approximate surface area is 336 Å². The Morgan fingerprint density at radius 3 is 1.26 bits per heavy atom. The first-order valence-electron chi connectivity index (χ1n) is 20.8. The molecule has 0 spiro atoms. The summed E-state index contributed by atoms with van der Waals surface area (Å²) in [5.41, 5.74) is 1.30. The number of fused-ring (bicyclic) bond motifs is 6. The van der Waals surface area contributed by atoms with Crippen LogP contribution < -0.4 is 26.6 Å². The number of nitrogens with one attached hydrogen (secondary N) is 5. The zero-order chi connectivity index (χ0) is 40.6. The molecule has 57 heavy (non-hydrogen) atoms. The molecular weight excluding hydrogens is 723 g/mol. The van der Waals surface area contributed by atoms with E-state index in [0.717, 1.165) is 25.9 Å². The van der Waals surface area contributed by atoms with Gasteiger partial charge in [0.1, 0.15) is 0 Å². The Hall–Kier alpha value is -4.62. The molecule has 4 bridgehead atoms. The van der Waals surface area contributed by atoms with Gasteiger partial charge in [-0.3, -0.25) is 34.1 Å². The summed E-state index contributed by atoms with van der Waals surface area (Å²) in [5.74, 6) is -7.72. The Morgan fingerprint density at radius 2 is 0.895 bits per heavy atom. The van der Waals surface area contributed by atoms with E-state index in [9.17, 15) is 28.8 Å². The fourth-order valence-electron chi connectivity index (χ4n) is 10.4. The second-order valence-electron chi connectivity index (χ2n) is 17.2. The van der Waals surface area contributed by atoms with Crippen molar-refractivity contribution in [3.8, 4) is 0 Å². The Balaban J connectivity index is 1.25. The number of rotatable bonds is 16. The molecule has 6 saturated carbocycles. The molecule has 0 aromatic heterocycles. The van der Waals surface area contributed by atoms with Crippen molar-refractivity contribution in [2.75, 3.05) is 65.0 Å². The average Bonchev–Trinajstić information content (AvgIpc) is 3.21. The fraction of sp³-hybridized carbons (Fsp3) is 0.591. The number of hydrogen-bond donors (Lipinski definition) is 5. The molecule has 6 aliphatic carbocycles. The molecule has 13 heteroatoms. The lowest BCUT2D eigenvalue weighted by Crippen LogP contribution is -2.61. The van der Waals surface area contributed by atoms with E-state index in [4.69, 9.17) is 0 Å². The second kappa shape index (κ2) is 19.2. The van der Waals surface area contributed by atoms with Crippen LogP contribution in [0.25, 0.3) is 0 Å². The van der Waals surface area contributed by atoms with Gasteiger partial charge in [-0.25, -0.2) is 0 Å². The van der Waals surface area contributed by atoms with E-state index in [-0.39, 0.29) is 35.5 Å². The zero-order valence-electron chi connectivity index (χ0n) is 33.9. The van der Waals surface area contributed by atoms with E-state index < -0.39 is 59.2 Å². The molecule has 6 fully saturated rings. The second-order valence-corrected chi connectivity index (χ2v) is 17.2. The highest BCUT2D eigenvalue weighted by atomic mass is 16.2. The lowest BCUT2D eigenvalue weighted by Gasteiger charge is -2.51. The minimum Gasteiger partial charge on any atom is -0.356 e. The van der Waals surface area contributed by atoms with Crippen molar-refractivity contribution < 1.29 is 28.8 Å². The molecule has 8 rings (SSSR count). The fourth-order valence-corrected chi connectivity index (χ4v) is 10.4. The van der Waals surface area contributed by atoms with Crippen LogP contribution in [0.5, 0.6) is 0 Å². The van der Waals surface area contributed by atoms with Gasteiger partial charge in [-0.1, -0.05) is 36.4 Å². The SMILES string of the molecule is CN(C)CCCNC(=O)C1C2CCC(C(C(=O)Nc3ccccc3)C2)C1C(=O)NC(=O)C1C2CCC(CC2C(=O)Nc2ccccc2)C1C(=O)NCCCN(C)C. The van der Waals surface area contributed by atoms with Crippen molar-refractivity contribution in [2.24, 2.45) is 59.2 Å². The average molecular weight is 784 g/mol. The van der Waals surface area contributed by atoms with Crippen LogP contribution in [0.3, 0.4) is 0 Å². The molecule has 0 aliphatic heterocycles. The Kier molecular flexibility index (Phi) is 14.2. The summed E-state index contributed by atoms with van der Waals surface area (Å²) >= 11 is 0. The molecule has 5 N–H and O–H groups in total. The standard InChI is InChI=1S/C44H61N7O6/c1-50(2)23-11-21-45-41(54)35-27-17-19-31(33(25-27)39(52)47-29-13-7-5-8-14-29)37(35)43(56)49-44(57)38-32-20-18-28(36(38)42(55)46-22-12-24-51(3)4)26-34(32)40(53)48-30-15-9-6-10-16-30/h5-10,13-16,27-28,31-38H,11-12,17-26H2,1-4H3,(H,45,54)(H,46,55)(H,47,52)(H,48,53)(H,49,56,57). The maximum Gasteiger partial charge on any atom is 0.230 e. The first kappa shape index (κ1) is 42.0. The molecule has 308 valence electrons. The number of imide groups is 1. The van der Waals surface area contributed by atoms with Gasteiger partial charge in [0.25, 0.3) is 0 Å². The predicted octanol–water partition coefficient (Wildman–Crippen LogP) is 3.60. The highest BCUT2D eigenvalue weighted by molar-refractivity contribution is 6.03. The molecule has 0 heterocycles. The summed E-state index contributed by atoms with van der Waals surface area (Å²) in [6.07, 6.45) is 4.96. The zero-order valence-corrected chi connectivity index (χ0v) is 33.9. The van der Waals surface area contributed by atoms with Gasteiger partial charge in [-0.2, -0.15) is 0 Å². The molecule has 0 saturated heterocycles. The number of anilines is 2. The number of benzene rings is 2. The summed E-state index contributed by atoms with van der Waals surface area (Å²) in [4.78, 5) is 89.1. The Bertz CT molecular complexity index is 1610. The highest BCUT2D eigenvalue weighted by Crippen LogP contribution is 2.54. The summed E-state index contributed by atoms with van der Waals surface area (Å²) in [6.45, 7) is 2.46. The highest BCUT2D eigenvalue weighted by Gasteiger charge is 2.58. The molecule has 2 aromatic carbocycles. The van der Waals surface area contributed by atoms with Crippen molar-refractivity contribution in [2.45, 2.75) is 51.4 Å². The first-order valence-corrected chi connectivity index (χ1v) is 20.8. The normalized spacial score (nSPS) is 28.7. The third-order valence-corrected chi connectivity index (χ3v) is 13.0. The largest absolute Gasteiger partial charge is 0.356 e. The van der Waals surface area contributed by atoms with E-state index in [1.807, 2.05) is 98.7 Å². The molecule has 10 unspecified atom stereocenters. The topological polar surface area (TPSA) is 169 Å². The maximum absolute atomic E-state index is 14.7. The van der Waals surface area contributed by atoms with Crippen molar-refractivity contribution in [1.29, 1.82) is 0 Å². The molecule has 13 nitrogen and oxygen atoms in total. The van der Waals surface area contributed by atoms with Gasteiger partial charge in [0.05, 0.1) is 23.7 Å². The van der Waals surface area contributed by atoms with Crippen molar-refractivity contribution in [3.05, 3.63) is 60.7 Å². The predicted molar refractivity (Wildman–Crippen MR) is 218 cm³/mol. The van der Waals surface area contributed by atoms with Gasteiger partial charge in [0, 0.05) is 36.3 Å². The van der Waals surface area contributed by atoms with Crippen LogP contribution in [0.15, 0.2) is 60.7 Å². The van der Waals surface area contributed by atoms with Gasteiger partial charge in [0.15, 0.2) is 0 Å². The van der Waals surface area contributed by atoms with Crippen molar-refractivity contribution >= 4 is 46.8 Å². The molecule has 6 amide bonds. The van der Waals surface area contributed by atoms with Gasteiger partial charge in [0.2, 0.25) is 35.4 Å². The summed E-state index contributed by atoms with van der Waals surface area (Å²) in [7, 11) is 7.87. The third kappa shape index (κ3) is 10.1. The monoisotopic (exact) mass is 783 g/mol. The molecule has 10 atom stereocenters. The van der Waals surface area contributed by atoms with Crippen LogP contribution in [0, 0.1) is 59.2 Å². The lowest BCUT2D eigenvalue weighted by atomic mass is 9.53. The van der Waals surface area contributed by atoms with Gasteiger partial charge < -0.3 is 31.1 Å². The molecule has 6 aliphatic rings. The smallest absolute Gasteiger partial charge is 0.230 e.